The third-order valence-electron chi connectivity index (χ3n) is 6.11. The van der Waals surface area contributed by atoms with Gasteiger partial charge in [-0.15, -0.1) is 13.2 Å². The second kappa shape index (κ2) is 6.14. The number of benzene rings is 1. The Kier molecular flexibility index (Phi) is 4.29. The summed E-state index contributed by atoms with van der Waals surface area (Å²) in [5, 5.41) is 2.89. The number of nitrogens with one attached hydrogen (secondary N) is 1. The van der Waals surface area contributed by atoms with Gasteiger partial charge in [0.15, 0.2) is 0 Å². The predicted molar refractivity (Wildman–Crippen MR) is 93.7 cm³/mol. The highest BCUT2D eigenvalue weighted by atomic mass is 79.9. The third-order valence-corrected chi connectivity index (χ3v) is 7.04. The monoisotopic (exact) mass is 431 g/mol. The van der Waals surface area contributed by atoms with E-state index in [9.17, 15) is 18.0 Å². The van der Waals surface area contributed by atoms with E-state index in [2.05, 4.69) is 26.0 Å². The van der Waals surface area contributed by atoms with Crippen LogP contribution in [0.2, 0.25) is 0 Å². The van der Waals surface area contributed by atoms with Gasteiger partial charge in [0.25, 0.3) is 0 Å². The summed E-state index contributed by atoms with van der Waals surface area (Å²) in [6.45, 7) is 0.0391. The average Bonchev–Trinajstić information content (AvgIpc) is 2.50. The Balaban J connectivity index is 1.47. The summed E-state index contributed by atoms with van der Waals surface area (Å²) in [5.41, 5.74) is -0.0515. The van der Waals surface area contributed by atoms with Crippen molar-refractivity contribution in [3.63, 3.8) is 0 Å². The molecule has 2 atom stereocenters. The van der Waals surface area contributed by atoms with E-state index in [4.69, 9.17) is 0 Å². The standard InChI is InChI=1S/C19H21BrF3NO2/c20-18-8-12-5-13(9-18)7-17(6-12,11-18)16(25)24-10-14-3-1-2-4-15(14)26-19(21,22)23/h1-4,12-13H,5-11H2,(H,24,25). The van der Waals surface area contributed by atoms with Gasteiger partial charge in [0.05, 0.1) is 5.41 Å². The van der Waals surface area contributed by atoms with Crippen molar-refractivity contribution in [1.29, 1.82) is 0 Å². The van der Waals surface area contributed by atoms with E-state index in [-0.39, 0.29) is 27.9 Å². The molecule has 7 heteroatoms. The van der Waals surface area contributed by atoms with Gasteiger partial charge in [-0.25, -0.2) is 0 Å². The number of hydrogen-bond donors (Lipinski definition) is 1. The van der Waals surface area contributed by atoms with Crippen LogP contribution in [0.15, 0.2) is 24.3 Å². The van der Waals surface area contributed by atoms with E-state index in [0.717, 1.165) is 32.1 Å². The van der Waals surface area contributed by atoms with Gasteiger partial charge in [-0.05, 0) is 56.4 Å². The SMILES string of the molecule is O=C(NCc1ccccc1OC(F)(F)F)C12CC3CC(CC(Br)(C3)C1)C2. The number of alkyl halides is 4. The summed E-state index contributed by atoms with van der Waals surface area (Å²) in [7, 11) is 0. The lowest BCUT2D eigenvalue weighted by Crippen LogP contribution is -2.58. The number of amides is 1. The summed E-state index contributed by atoms with van der Waals surface area (Å²) in [6.07, 6.45) is 1.31. The maximum absolute atomic E-state index is 13.0. The Bertz CT molecular complexity index is 707. The molecule has 26 heavy (non-hydrogen) atoms. The van der Waals surface area contributed by atoms with Gasteiger partial charge < -0.3 is 10.1 Å². The largest absolute Gasteiger partial charge is 0.573 e. The van der Waals surface area contributed by atoms with Crippen LogP contribution in [0.4, 0.5) is 13.2 Å². The molecule has 4 bridgehead atoms. The van der Waals surface area contributed by atoms with Gasteiger partial charge in [0.2, 0.25) is 5.91 Å². The maximum Gasteiger partial charge on any atom is 0.573 e. The molecule has 4 fully saturated rings. The lowest BCUT2D eigenvalue weighted by atomic mass is 9.49. The minimum atomic E-state index is -4.75. The van der Waals surface area contributed by atoms with Crippen LogP contribution in [0.3, 0.4) is 0 Å². The molecule has 2 unspecified atom stereocenters. The Morgan fingerprint density at radius 3 is 2.46 bits per heavy atom. The van der Waals surface area contributed by atoms with E-state index in [1.54, 1.807) is 12.1 Å². The molecule has 0 radical (unpaired) electrons. The van der Waals surface area contributed by atoms with E-state index < -0.39 is 6.36 Å². The van der Waals surface area contributed by atoms with Gasteiger partial charge in [0, 0.05) is 16.4 Å². The minimum absolute atomic E-state index is 0.0303. The molecule has 1 amide bonds. The van der Waals surface area contributed by atoms with Crippen molar-refractivity contribution in [1.82, 2.24) is 5.32 Å². The molecule has 0 saturated heterocycles. The van der Waals surface area contributed by atoms with Crippen molar-refractivity contribution in [2.75, 3.05) is 0 Å². The Morgan fingerprint density at radius 2 is 1.85 bits per heavy atom. The quantitative estimate of drug-likeness (QED) is 0.685. The van der Waals surface area contributed by atoms with Gasteiger partial charge in [-0.1, -0.05) is 34.1 Å². The summed E-state index contributed by atoms with van der Waals surface area (Å²) >= 11 is 3.88. The van der Waals surface area contributed by atoms with Crippen molar-refractivity contribution in [3.8, 4) is 5.75 Å². The number of carbonyl (C=O) groups excluding carboxylic acids is 1. The van der Waals surface area contributed by atoms with E-state index in [1.165, 1.54) is 18.6 Å². The Hall–Kier alpha value is -1.24. The van der Waals surface area contributed by atoms with E-state index in [0.29, 0.717) is 17.4 Å². The highest BCUT2D eigenvalue weighted by Gasteiger charge is 2.59. The molecule has 5 rings (SSSR count). The van der Waals surface area contributed by atoms with Crippen LogP contribution < -0.4 is 10.1 Å². The van der Waals surface area contributed by atoms with Crippen molar-refractivity contribution < 1.29 is 22.7 Å². The highest BCUT2D eigenvalue weighted by Crippen LogP contribution is 2.64. The topological polar surface area (TPSA) is 38.3 Å². The molecule has 4 saturated carbocycles. The molecule has 0 heterocycles. The lowest BCUT2D eigenvalue weighted by Gasteiger charge is -2.59. The van der Waals surface area contributed by atoms with Gasteiger partial charge in [-0.3, -0.25) is 4.79 Å². The van der Waals surface area contributed by atoms with Crippen molar-refractivity contribution in [2.45, 2.75) is 55.8 Å². The number of ether oxygens (including phenoxy) is 1. The minimum Gasteiger partial charge on any atom is -0.405 e. The number of para-hydroxylation sites is 1. The average molecular weight is 432 g/mol. The summed E-state index contributed by atoms with van der Waals surface area (Å²) in [5.74, 6) is 0.851. The fourth-order valence-electron chi connectivity index (χ4n) is 5.65. The fraction of sp³-hybridized carbons (Fsp3) is 0.632. The zero-order valence-corrected chi connectivity index (χ0v) is 15.8. The molecule has 1 N–H and O–H groups in total. The molecule has 1 aromatic rings. The van der Waals surface area contributed by atoms with Gasteiger partial charge >= 0.3 is 6.36 Å². The van der Waals surface area contributed by atoms with Crippen LogP contribution in [0.5, 0.6) is 5.75 Å². The normalized spacial score (nSPS) is 35.4. The summed E-state index contributed by atoms with van der Waals surface area (Å²) < 4.78 is 41.8. The van der Waals surface area contributed by atoms with E-state index >= 15 is 0 Å². The van der Waals surface area contributed by atoms with E-state index in [1.807, 2.05) is 0 Å². The molecule has 0 aromatic heterocycles. The second-order valence-corrected chi connectivity index (χ2v) is 9.91. The lowest BCUT2D eigenvalue weighted by molar-refractivity contribution is -0.274. The van der Waals surface area contributed by atoms with Crippen LogP contribution in [-0.2, 0) is 11.3 Å². The number of halogens is 4. The predicted octanol–water partition coefficient (Wildman–Crippen LogP) is 4.94. The first-order valence-corrected chi connectivity index (χ1v) is 9.77. The molecular weight excluding hydrogens is 411 g/mol. The first-order valence-electron chi connectivity index (χ1n) is 8.97. The van der Waals surface area contributed by atoms with Crippen LogP contribution in [-0.4, -0.2) is 16.6 Å². The highest BCUT2D eigenvalue weighted by molar-refractivity contribution is 9.10. The number of carbonyl (C=O) groups is 1. The molecular formula is C19H21BrF3NO2. The van der Waals surface area contributed by atoms with Crippen LogP contribution in [0, 0.1) is 17.3 Å². The number of hydrogen-bond acceptors (Lipinski definition) is 2. The fourth-order valence-corrected chi connectivity index (χ4v) is 7.11. The molecule has 142 valence electrons. The Morgan fingerprint density at radius 1 is 1.19 bits per heavy atom. The van der Waals surface area contributed by atoms with Gasteiger partial charge in [-0.2, -0.15) is 0 Å². The van der Waals surface area contributed by atoms with Crippen molar-refractivity contribution in [3.05, 3.63) is 29.8 Å². The van der Waals surface area contributed by atoms with Gasteiger partial charge in [0.1, 0.15) is 5.75 Å². The molecule has 4 aliphatic rings. The van der Waals surface area contributed by atoms with Crippen LogP contribution in [0.25, 0.3) is 0 Å². The first kappa shape index (κ1) is 18.1. The second-order valence-electron chi connectivity index (χ2n) is 8.23. The zero-order chi connectivity index (χ0) is 18.6. The molecule has 3 nitrogen and oxygen atoms in total. The molecule has 0 spiro atoms. The maximum atomic E-state index is 13.0. The van der Waals surface area contributed by atoms with Crippen molar-refractivity contribution >= 4 is 21.8 Å². The Labute approximate surface area is 158 Å². The van der Waals surface area contributed by atoms with Crippen LogP contribution >= 0.6 is 15.9 Å². The number of rotatable bonds is 4. The zero-order valence-electron chi connectivity index (χ0n) is 14.2. The summed E-state index contributed by atoms with van der Waals surface area (Å²) in [4.78, 5) is 13.0. The first-order chi connectivity index (χ1) is 12.2. The van der Waals surface area contributed by atoms with Crippen molar-refractivity contribution in [2.24, 2.45) is 17.3 Å². The molecule has 0 aliphatic heterocycles. The smallest absolute Gasteiger partial charge is 0.405 e. The summed E-state index contributed by atoms with van der Waals surface area (Å²) in [6, 6.07) is 5.95. The third kappa shape index (κ3) is 3.47. The van der Waals surface area contributed by atoms with Crippen LogP contribution in [0.1, 0.15) is 44.1 Å². The molecule has 4 aliphatic carbocycles. The molecule has 1 aromatic carbocycles.